The highest BCUT2D eigenvalue weighted by Gasteiger charge is 1.95. The Bertz CT molecular complexity index is 261. The summed E-state index contributed by atoms with van der Waals surface area (Å²) in [7, 11) is 0. The molecule has 1 aromatic rings. The van der Waals surface area contributed by atoms with Gasteiger partial charge in [-0.3, -0.25) is 4.79 Å². The highest BCUT2D eigenvalue weighted by atomic mass is 32.1. The van der Waals surface area contributed by atoms with Gasteiger partial charge in [0.15, 0.2) is 0 Å². The Balaban J connectivity index is 1.92. The van der Waals surface area contributed by atoms with Crippen LogP contribution in [-0.4, -0.2) is 17.4 Å². The first kappa shape index (κ1) is 11.1. The van der Waals surface area contributed by atoms with Crippen LogP contribution in [0.5, 0.6) is 0 Å². The third-order valence-electron chi connectivity index (χ3n) is 1.82. The van der Waals surface area contributed by atoms with Gasteiger partial charge < -0.3 is 11.1 Å². The van der Waals surface area contributed by atoms with Crippen LogP contribution >= 0.6 is 11.3 Å². The van der Waals surface area contributed by atoms with Gasteiger partial charge in [-0.2, -0.15) is 0 Å². The summed E-state index contributed by atoms with van der Waals surface area (Å²) in [5, 5.41) is 5.28. The van der Waals surface area contributed by atoms with Gasteiger partial charge in [-0.05, 0) is 19.4 Å². The number of hydrogen-bond donors (Lipinski definition) is 2. The first-order valence-corrected chi connectivity index (χ1v) is 5.59. The molecule has 1 amide bonds. The van der Waals surface area contributed by atoms with E-state index in [0.717, 1.165) is 31.6 Å². The Hall–Kier alpha value is -0.940. The van der Waals surface area contributed by atoms with E-state index in [1.54, 1.807) is 11.3 Å². The summed E-state index contributed by atoms with van der Waals surface area (Å²) < 4.78 is 0. The number of carbonyl (C=O) groups is 1. The lowest BCUT2D eigenvalue weighted by molar-refractivity contribution is -0.118. The molecule has 1 aromatic heterocycles. The van der Waals surface area contributed by atoms with Crippen molar-refractivity contribution in [3.05, 3.63) is 16.6 Å². The standard InChI is InChI=1S/C9H15N3OS/c10-9(13)3-1-2-4-11-5-8-6-14-7-12-8/h6-7,11H,1-5H2,(H2,10,13). The van der Waals surface area contributed by atoms with Crippen molar-refractivity contribution in [1.82, 2.24) is 10.3 Å². The summed E-state index contributed by atoms with van der Waals surface area (Å²) in [5.41, 5.74) is 7.91. The molecule has 0 aromatic carbocycles. The molecule has 0 unspecified atom stereocenters. The van der Waals surface area contributed by atoms with Crippen LogP contribution in [-0.2, 0) is 11.3 Å². The predicted molar refractivity (Wildman–Crippen MR) is 56.9 cm³/mol. The van der Waals surface area contributed by atoms with Crippen LogP contribution < -0.4 is 11.1 Å². The normalized spacial score (nSPS) is 10.3. The Morgan fingerprint density at radius 2 is 2.43 bits per heavy atom. The second kappa shape index (κ2) is 6.50. The molecule has 0 bridgehead atoms. The fourth-order valence-corrected chi connectivity index (χ4v) is 1.65. The minimum absolute atomic E-state index is 0.218. The molecule has 0 aliphatic heterocycles. The smallest absolute Gasteiger partial charge is 0.217 e. The first-order chi connectivity index (χ1) is 6.79. The van der Waals surface area contributed by atoms with E-state index in [1.165, 1.54) is 0 Å². The molecule has 0 atom stereocenters. The van der Waals surface area contributed by atoms with Gasteiger partial charge in [0.1, 0.15) is 0 Å². The summed E-state index contributed by atoms with van der Waals surface area (Å²) in [4.78, 5) is 14.6. The topological polar surface area (TPSA) is 68.0 Å². The van der Waals surface area contributed by atoms with Gasteiger partial charge in [0.25, 0.3) is 0 Å². The summed E-state index contributed by atoms with van der Waals surface area (Å²) in [5.74, 6) is -0.218. The number of hydrogen-bond acceptors (Lipinski definition) is 4. The molecule has 3 N–H and O–H groups in total. The van der Waals surface area contributed by atoms with E-state index >= 15 is 0 Å². The maximum atomic E-state index is 10.4. The van der Waals surface area contributed by atoms with E-state index in [9.17, 15) is 4.79 Å². The lowest BCUT2D eigenvalue weighted by atomic mass is 10.2. The molecule has 0 fully saturated rings. The van der Waals surface area contributed by atoms with Gasteiger partial charge >= 0.3 is 0 Å². The zero-order valence-corrected chi connectivity index (χ0v) is 8.85. The van der Waals surface area contributed by atoms with E-state index in [1.807, 2.05) is 10.9 Å². The quantitative estimate of drug-likeness (QED) is 0.661. The van der Waals surface area contributed by atoms with Crippen molar-refractivity contribution in [3.8, 4) is 0 Å². The molecule has 5 heteroatoms. The lowest BCUT2D eigenvalue weighted by Crippen LogP contribution is -2.16. The Labute approximate surface area is 87.5 Å². The maximum absolute atomic E-state index is 10.4. The Morgan fingerprint density at radius 3 is 3.07 bits per heavy atom. The number of carbonyl (C=O) groups excluding carboxylic acids is 1. The average molecular weight is 213 g/mol. The molecule has 0 saturated heterocycles. The fourth-order valence-electron chi connectivity index (χ4n) is 1.09. The lowest BCUT2D eigenvalue weighted by Gasteiger charge is -2.01. The van der Waals surface area contributed by atoms with Crippen molar-refractivity contribution in [1.29, 1.82) is 0 Å². The highest BCUT2D eigenvalue weighted by Crippen LogP contribution is 2.00. The molecule has 0 spiro atoms. The van der Waals surface area contributed by atoms with E-state index in [2.05, 4.69) is 10.3 Å². The molecule has 78 valence electrons. The van der Waals surface area contributed by atoms with Crippen molar-refractivity contribution < 1.29 is 4.79 Å². The number of nitrogens with zero attached hydrogens (tertiary/aromatic N) is 1. The van der Waals surface area contributed by atoms with Gasteiger partial charge in [-0.15, -0.1) is 11.3 Å². The number of nitrogens with two attached hydrogens (primary N) is 1. The molecule has 0 aliphatic rings. The van der Waals surface area contributed by atoms with Crippen molar-refractivity contribution in [3.63, 3.8) is 0 Å². The van der Waals surface area contributed by atoms with Crippen molar-refractivity contribution >= 4 is 17.2 Å². The number of primary amides is 1. The third kappa shape index (κ3) is 4.94. The molecular formula is C9H15N3OS. The van der Waals surface area contributed by atoms with Crippen LogP contribution in [0.25, 0.3) is 0 Å². The highest BCUT2D eigenvalue weighted by molar-refractivity contribution is 7.07. The van der Waals surface area contributed by atoms with E-state index in [-0.39, 0.29) is 5.91 Å². The zero-order valence-electron chi connectivity index (χ0n) is 8.03. The second-order valence-electron chi connectivity index (χ2n) is 3.08. The minimum Gasteiger partial charge on any atom is -0.370 e. The van der Waals surface area contributed by atoms with Gasteiger partial charge in [0, 0.05) is 18.3 Å². The van der Waals surface area contributed by atoms with Crippen LogP contribution in [0.2, 0.25) is 0 Å². The monoisotopic (exact) mass is 213 g/mol. The van der Waals surface area contributed by atoms with Crippen molar-refractivity contribution in [2.75, 3.05) is 6.54 Å². The molecule has 4 nitrogen and oxygen atoms in total. The summed E-state index contributed by atoms with van der Waals surface area (Å²) >= 11 is 1.60. The summed E-state index contributed by atoms with van der Waals surface area (Å²) in [6, 6.07) is 0. The Morgan fingerprint density at radius 1 is 1.57 bits per heavy atom. The zero-order chi connectivity index (χ0) is 10.2. The van der Waals surface area contributed by atoms with E-state index < -0.39 is 0 Å². The van der Waals surface area contributed by atoms with Gasteiger partial charge in [0.05, 0.1) is 11.2 Å². The number of aromatic nitrogens is 1. The number of nitrogens with one attached hydrogen (secondary N) is 1. The van der Waals surface area contributed by atoms with Crippen LogP contribution in [0, 0.1) is 0 Å². The van der Waals surface area contributed by atoms with E-state index in [4.69, 9.17) is 5.73 Å². The molecule has 0 saturated carbocycles. The van der Waals surface area contributed by atoms with Gasteiger partial charge in [0.2, 0.25) is 5.91 Å². The Kier molecular flexibility index (Phi) is 5.17. The SMILES string of the molecule is NC(=O)CCCCNCc1cscn1. The van der Waals surface area contributed by atoms with Gasteiger partial charge in [-0.25, -0.2) is 4.98 Å². The summed E-state index contributed by atoms with van der Waals surface area (Å²) in [6.07, 6.45) is 2.32. The van der Waals surface area contributed by atoms with Crippen molar-refractivity contribution in [2.24, 2.45) is 5.73 Å². The van der Waals surface area contributed by atoms with Crippen molar-refractivity contribution in [2.45, 2.75) is 25.8 Å². The largest absolute Gasteiger partial charge is 0.370 e. The van der Waals surface area contributed by atoms with Crippen LogP contribution in [0.4, 0.5) is 0 Å². The average Bonchev–Trinajstić information content (AvgIpc) is 2.63. The predicted octanol–water partition coefficient (Wildman–Crippen LogP) is 0.888. The third-order valence-corrected chi connectivity index (χ3v) is 2.45. The molecule has 0 aliphatic carbocycles. The maximum Gasteiger partial charge on any atom is 0.217 e. The number of unbranched alkanes of at least 4 members (excludes halogenated alkanes) is 1. The van der Waals surface area contributed by atoms with Crippen LogP contribution in [0.1, 0.15) is 25.0 Å². The second-order valence-corrected chi connectivity index (χ2v) is 3.80. The van der Waals surface area contributed by atoms with E-state index in [0.29, 0.717) is 6.42 Å². The van der Waals surface area contributed by atoms with Crippen LogP contribution in [0.3, 0.4) is 0 Å². The number of amides is 1. The number of thiazole rings is 1. The first-order valence-electron chi connectivity index (χ1n) is 4.65. The molecule has 1 heterocycles. The molecule has 1 rings (SSSR count). The van der Waals surface area contributed by atoms with Gasteiger partial charge in [-0.1, -0.05) is 0 Å². The molecule has 0 radical (unpaired) electrons. The molecular weight excluding hydrogens is 198 g/mol. The molecule has 14 heavy (non-hydrogen) atoms. The fraction of sp³-hybridized carbons (Fsp3) is 0.556. The summed E-state index contributed by atoms with van der Waals surface area (Å²) in [6.45, 7) is 1.71. The number of rotatable bonds is 7. The van der Waals surface area contributed by atoms with Crippen LogP contribution in [0.15, 0.2) is 10.9 Å². The minimum atomic E-state index is -0.218.